The molecule has 106 valence electrons. The molecule has 1 aromatic heterocycles. The highest BCUT2D eigenvalue weighted by atomic mass is 15.3. The Kier molecular flexibility index (Phi) is 3.61. The Labute approximate surface area is 116 Å². The summed E-state index contributed by atoms with van der Waals surface area (Å²) in [6, 6.07) is 1.90. The van der Waals surface area contributed by atoms with Crippen LogP contribution in [-0.2, 0) is 12.8 Å². The van der Waals surface area contributed by atoms with Crippen LogP contribution in [0.2, 0.25) is 0 Å². The molecule has 19 heavy (non-hydrogen) atoms. The second-order valence-electron chi connectivity index (χ2n) is 6.48. The second-order valence-corrected chi connectivity index (χ2v) is 6.48. The van der Waals surface area contributed by atoms with E-state index < -0.39 is 0 Å². The third-order valence-corrected chi connectivity index (χ3v) is 4.80. The Morgan fingerprint density at radius 1 is 1.21 bits per heavy atom. The first-order valence-corrected chi connectivity index (χ1v) is 7.85. The van der Waals surface area contributed by atoms with E-state index in [1.807, 2.05) is 0 Å². The summed E-state index contributed by atoms with van der Waals surface area (Å²) in [5.74, 6) is 2.43. The molecule has 0 spiro atoms. The van der Waals surface area contributed by atoms with Gasteiger partial charge in [-0.05, 0) is 53.0 Å². The van der Waals surface area contributed by atoms with Crippen molar-refractivity contribution in [3.8, 4) is 0 Å². The van der Waals surface area contributed by atoms with E-state index in [9.17, 15) is 0 Å². The van der Waals surface area contributed by atoms with Crippen molar-refractivity contribution < 1.29 is 0 Å². The molecular formula is C15H26N4. The first-order valence-electron chi connectivity index (χ1n) is 7.85. The minimum absolute atomic E-state index is 0.586. The zero-order valence-corrected chi connectivity index (χ0v) is 12.5. The van der Waals surface area contributed by atoms with E-state index in [-0.39, 0.29) is 0 Å². The summed E-state index contributed by atoms with van der Waals surface area (Å²) in [6.07, 6.45) is 7.37. The van der Waals surface area contributed by atoms with Gasteiger partial charge in [0.05, 0.1) is 0 Å². The highest BCUT2D eigenvalue weighted by Crippen LogP contribution is 2.28. The fourth-order valence-electron chi connectivity index (χ4n) is 3.83. The predicted octanol–water partition coefficient (Wildman–Crippen LogP) is 2.59. The van der Waals surface area contributed by atoms with E-state index in [4.69, 9.17) is 0 Å². The predicted molar refractivity (Wildman–Crippen MR) is 76.2 cm³/mol. The largest absolute Gasteiger partial charge is 0.312 e. The van der Waals surface area contributed by atoms with Gasteiger partial charge < -0.3 is 4.57 Å². The Hall–Kier alpha value is -0.900. The van der Waals surface area contributed by atoms with Crippen LogP contribution < -0.4 is 0 Å². The summed E-state index contributed by atoms with van der Waals surface area (Å²) in [4.78, 5) is 2.63. The van der Waals surface area contributed by atoms with Crippen LogP contribution in [0.3, 0.4) is 0 Å². The fraction of sp³-hybridized carbons (Fsp3) is 0.867. The standard InChI is InChI=1S/C15H26N4/c1-11(2)18-9-5-7-13(18)10-15-17-16-14-8-4-6-12(3)19(14)15/h11-13H,4-10H2,1-3H3. The monoisotopic (exact) mass is 262 g/mol. The number of nitrogens with zero attached hydrogens (tertiary/aromatic N) is 4. The number of aromatic nitrogens is 3. The van der Waals surface area contributed by atoms with Crippen LogP contribution in [0.1, 0.15) is 64.1 Å². The van der Waals surface area contributed by atoms with Crippen molar-refractivity contribution in [2.45, 2.75) is 77.4 Å². The quantitative estimate of drug-likeness (QED) is 0.839. The van der Waals surface area contributed by atoms with E-state index in [1.165, 1.54) is 43.9 Å². The smallest absolute Gasteiger partial charge is 0.134 e. The topological polar surface area (TPSA) is 34.0 Å². The Balaban J connectivity index is 1.78. The van der Waals surface area contributed by atoms with Crippen molar-refractivity contribution in [3.05, 3.63) is 11.6 Å². The summed E-state index contributed by atoms with van der Waals surface area (Å²) in [6.45, 7) is 8.17. The zero-order chi connectivity index (χ0) is 13.4. The van der Waals surface area contributed by atoms with Gasteiger partial charge in [-0.1, -0.05) is 0 Å². The SMILES string of the molecule is CC(C)N1CCCC1Cc1nnc2n1C(C)CCC2. The summed E-state index contributed by atoms with van der Waals surface area (Å²) >= 11 is 0. The molecule has 1 aromatic rings. The average molecular weight is 262 g/mol. The third-order valence-electron chi connectivity index (χ3n) is 4.80. The van der Waals surface area contributed by atoms with Crippen LogP contribution in [0.15, 0.2) is 0 Å². The van der Waals surface area contributed by atoms with Gasteiger partial charge in [-0.3, -0.25) is 4.90 Å². The molecule has 1 saturated heterocycles. The summed E-state index contributed by atoms with van der Waals surface area (Å²) in [5.41, 5.74) is 0. The summed E-state index contributed by atoms with van der Waals surface area (Å²) in [5, 5.41) is 8.91. The molecule has 2 unspecified atom stereocenters. The number of hydrogen-bond donors (Lipinski definition) is 0. The molecule has 0 aliphatic carbocycles. The van der Waals surface area contributed by atoms with Crippen molar-refractivity contribution in [2.75, 3.05) is 6.54 Å². The molecule has 0 saturated carbocycles. The molecule has 0 aromatic carbocycles. The first-order chi connectivity index (χ1) is 9.16. The molecule has 3 heterocycles. The molecule has 0 N–H and O–H groups in total. The fourth-order valence-corrected chi connectivity index (χ4v) is 3.83. The van der Waals surface area contributed by atoms with Crippen LogP contribution in [0.4, 0.5) is 0 Å². The van der Waals surface area contributed by atoms with E-state index in [1.54, 1.807) is 0 Å². The molecule has 0 radical (unpaired) electrons. The number of fused-ring (bicyclic) bond motifs is 1. The Bertz CT molecular complexity index is 437. The molecule has 2 aliphatic rings. The molecule has 2 aliphatic heterocycles. The molecular weight excluding hydrogens is 236 g/mol. The van der Waals surface area contributed by atoms with Crippen molar-refractivity contribution in [3.63, 3.8) is 0 Å². The second kappa shape index (κ2) is 5.23. The van der Waals surface area contributed by atoms with E-state index in [0.717, 1.165) is 12.8 Å². The number of aryl methyl sites for hydroxylation is 1. The maximum atomic E-state index is 4.49. The maximum Gasteiger partial charge on any atom is 0.134 e. The minimum atomic E-state index is 0.586. The minimum Gasteiger partial charge on any atom is -0.312 e. The van der Waals surface area contributed by atoms with Crippen molar-refractivity contribution >= 4 is 0 Å². The number of hydrogen-bond acceptors (Lipinski definition) is 3. The van der Waals surface area contributed by atoms with Crippen LogP contribution in [0.25, 0.3) is 0 Å². The molecule has 3 rings (SSSR count). The molecule has 4 nitrogen and oxygen atoms in total. The summed E-state index contributed by atoms with van der Waals surface area (Å²) in [7, 11) is 0. The van der Waals surface area contributed by atoms with Crippen molar-refractivity contribution in [1.82, 2.24) is 19.7 Å². The van der Waals surface area contributed by atoms with Gasteiger partial charge in [-0.15, -0.1) is 10.2 Å². The van der Waals surface area contributed by atoms with Gasteiger partial charge in [-0.2, -0.15) is 0 Å². The van der Waals surface area contributed by atoms with Crippen LogP contribution in [0, 0.1) is 0 Å². The molecule has 2 atom stereocenters. The van der Waals surface area contributed by atoms with Gasteiger partial charge in [0.15, 0.2) is 0 Å². The molecule has 0 bridgehead atoms. The van der Waals surface area contributed by atoms with Gasteiger partial charge in [0.25, 0.3) is 0 Å². The van der Waals surface area contributed by atoms with Gasteiger partial charge in [0, 0.05) is 31.0 Å². The van der Waals surface area contributed by atoms with Crippen molar-refractivity contribution in [1.29, 1.82) is 0 Å². The Morgan fingerprint density at radius 3 is 2.84 bits per heavy atom. The van der Waals surface area contributed by atoms with Crippen molar-refractivity contribution in [2.24, 2.45) is 0 Å². The number of rotatable bonds is 3. The highest BCUT2D eigenvalue weighted by Gasteiger charge is 2.30. The van der Waals surface area contributed by atoms with Gasteiger partial charge >= 0.3 is 0 Å². The Morgan fingerprint density at radius 2 is 2.05 bits per heavy atom. The summed E-state index contributed by atoms with van der Waals surface area (Å²) < 4.78 is 2.42. The van der Waals surface area contributed by atoms with E-state index in [0.29, 0.717) is 18.1 Å². The average Bonchev–Trinajstić information content (AvgIpc) is 2.98. The normalized spacial score (nSPS) is 28.0. The maximum absolute atomic E-state index is 4.49. The van der Waals surface area contributed by atoms with Gasteiger partial charge in [0.1, 0.15) is 11.6 Å². The lowest BCUT2D eigenvalue weighted by Crippen LogP contribution is -2.37. The molecule has 0 amide bonds. The van der Waals surface area contributed by atoms with Crippen LogP contribution in [-0.4, -0.2) is 38.3 Å². The zero-order valence-electron chi connectivity index (χ0n) is 12.5. The van der Waals surface area contributed by atoms with Gasteiger partial charge in [-0.25, -0.2) is 0 Å². The first kappa shape index (κ1) is 13.1. The lowest BCUT2D eigenvalue weighted by atomic mass is 10.0. The molecule has 4 heteroatoms. The van der Waals surface area contributed by atoms with E-state index >= 15 is 0 Å². The highest BCUT2D eigenvalue weighted by molar-refractivity contribution is 5.04. The molecule has 1 fully saturated rings. The van der Waals surface area contributed by atoms with E-state index in [2.05, 4.69) is 40.4 Å². The lowest BCUT2D eigenvalue weighted by molar-refractivity contribution is 0.199. The number of likely N-dealkylation sites (tertiary alicyclic amines) is 1. The van der Waals surface area contributed by atoms with Gasteiger partial charge in [0.2, 0.25) is 0 Å². The van der Waals surface area contributed by atoms with Crippen LogP contribution >= 0.6 is 0 Å². The lowest BCUT2D eigenvalue weighted by Gasteiger charge is -2.29. The van der Waals surface area contributed by atoms with Crippen LogP contribution in [0.5, 0.6) is 0 Å². The third kappa shape index (κ3) is 2.42.